The first-order chi connectivity index (χ1) is 13.7. The number of carbonyl (C=O) groups is 1. The van der Waals surface area contributed by atoms with Gasteiger partial charge in [0.25, 0.3) is 0 Å². The minimum absolute atomic E-state index is 0.0905. The molecule has 0 unspecified atom stereocenters. The van der Waals surface area contributed by atoms with Gasteiger partial charge in [0, 0.05) is 17.0 Å². The zero-order chi connectivity index (χ0) is 19.3. The Morgan fingerprint density at radius 3 is 2.61 bits per heavy atom. The molecule has 1 aromatic heterocycles. The van der Waals surface area contributed by atoms with Crippen LogP contribution in [-0.4, -0.2) is 27.7 Å². The summed E-state index contributed by atoms with van der Waals surface area (Å²) in [6.07, 6.45) is 4.78. The summed E-state index contributed by atoms with van der Waals surface area (Å²) in [4.78, 5) is 22.0. The highest BCUT2D eigenvalue weighted by molar-refractivity contribution is 8.00. The molecule has 0 bridgehead atoms. The van der Waals surface area contributed by atoms with E-state index in [0.717, 1.165) is 27.9 Å². The predicted molar refractivity (Wildman–Crippen MR) is 115 cm³/mol. The molecule has 1 aliphatic rings. The normalized spacial score (nSPS) is 19.5. The molecule has 4 rings (SSSR count). The summed E-state index contributed by atoms with van der Waals surface area (Å²) in [6, 6.07) is 18.3. The summed E-state index contributed by atoms with van der Waals surface area (Å²) in [5.74, 6) is 1.72. The van der Waals surface area contributed by atoms with E-state index in [1.807, 2.05) is 54.6 Å². The number of nitrogens with one attached hydrogen (secondary N) is 1. The fourth-order valence-corrected chi connectivity index (χ4v) is 4.62. The molecule has 1 fully saturated rings. The number of fused-ring (bicyclic) bond motifs is 1. The maximum absolute atomic E-state index is 12.5. The maximum Gasteiger partial charge on any atom is 0.230 e. The average molecular weight is 392 g/mol. The fraction of sp³-hybridized carbons (Fsp3) is 0.348. The Balaban J connectivity index is 1.53. The summed E-state index contributed by atoms with van der Waals surface area (Å²) in [7, 11) is 0. The lowest BCUT2D eigenvalue weighted by molar-refractivity contribution is -0.119. The van der Waals surface area contributed by atoms with Crippen molar-refractivity contribution in [2.24, 2.45) is 5.92 Å². The number of hydrogen-bond acceptors (Lipinski definition) is 4. The predicted octanol–water partition coefficient (Wildman–Crippen LogP) is 5.08. The largest absolute Gasteiger partial charge is 0.352 e. The first-order valence-corrected chi connectivity index (χ1v) is 10.9. The van der Waals surface area contributed by atoms with Crippen LogP contribution in [0.15, 0.2) is 59.6 Å². The molecule has 1 aliphatic carbocycles. The van der Waals surface area contributed by atoms with Crippen LogP contribution in [0.25, 0.3) is 22.3 Å². The van der Waals surface area contributed by atoms with Crippen LogP contribution in [-0.2, 0) is 4.79 Å². The van der Waals surface area contributed by atoms with E-state index in [1.165, 1.54) is 31.0 Å². The summed E-state index contributed by atoms with van der Waals surface area (Å²) in [5, 5.41) is 5.08. The second kappa shape index (κ2) is 8.74. The number of para-hydroxylation sites is 1. The Bertz CT molecular complexity index is 960. The molecule has 28 heavy (non-hydrogen) atoms. The van der Waals surface area contributed by atoms with E-state index in [9.17, 15) is 4.79 Å². The number of benzene rings is 2. The van der Waals surface area contributed by atoms with Gasteiger partial charge in [0.2, 0.25) is 5.91 Å². The number of amides is 1. The molecule has 2 aromatic carbocycles. The smallest absolute Gasteiger partial charge is 0.230 e. The van der Waals surface area contributed by atoms with E-state index in [4.69, 9.17) is 9.97 Å². The highest BCUT2D eigenvalue weighted by atomic mass is 32.2. The van der Waals surface area contributed by atoms with E-state index >= 15 is 0 Å². The molecule has 0 radical (unpaired) electrons. The Morgan fingerprint density at radius 2 is 1.79 bits per heavy atom. The van der Waals surface area contributed by atoms with Gasteiger partial charge in [-0.1, -0.05) is 80.1 Å². The van der Waals surface area contributed by atoms with Gasteiger partial charge in [0.05, 0.1) is 11.3 Å². The first-order valence-electron chi connectivity index (χ1n) is 9.95. The Kier molecular flexibility index (Phi) is 5.91. The van der Waals surface area contributed by atoms with Crippen molar-refractivity contribution in [1.29, 1.82) is 0 Å². The third-order valence-electron chi connectivity index (χ3n) is 5.40. The van der Waals surface area contributed by atoms with Crippen LogP contribution in [0.4, 0.5) is 0 Å². The van der Waals surface area contributed by atoms with Crippen LogP contribution in [0.3, 0.4) is 0 Å². The van der Waals surface area contributed by atoms with Gasteiger partial charge in [-0.25, -0.2) is 9.97 Å². The molecule has 144 valence electrons. The lowest BCUT2D eigenvalue weighted by Gasteiger charge is -2.29. The third kappa shape index (κ3) is 4.36. The lowest BCUT2D eigenvalue weighted by Crippen LogP contribution is -2.41. The number of aromatic nitrogens is 2. The van der Waals surface area contributed by atoms with Gasteiger partial charge in [-0.2, -0.15) is 0 Å². The van der Waals surface area contributed by atoms with Crippen LogP contribution in [0.2, 0.25) is 0 Å². The van der Waals surface area contributed by atoms with Crippen molar-refractivity contribution >= 4 is 28.6 Å². The average Bonchev–Trinajstić information content (AvgIpc) is 2.74. The molecule has 1 heterocycles. The Labute approximate surface area is 170 Å². The Hall–Kier alpha value is -2.40. The van der Waals surface area contributed by atoms with Crippen molar-refractivity contribution < 1.29 is 4.79 Å². The topological polar surface area (TPSA) is 54.9 Å². The summed E-state index contributed by atoms with van der Waals surface area (Å²) in [6.45, 7) is 2.24. The highest BCUT2D eigenvalue weighted by Gasteiger charge is 2.23. The van der Waals surface area contributed by atoms with E-state index in [1.54, 1.807) is 0 Å². The molecular formula is C23H25N3OS. The second-order valence-corrected chi connectivity index (χ2v) is 8.42. The zero-order valence-electron chi connectivity index (χ0n) is 16.1. The third-order valence-corrected chi connectivity index (χ3v) is 6.39. The molecule has 0 saturated heterocycles. The van der Waals surface area contributed by atoms with Gasteiger partial charge < -0.3 is 5.32 Å². The minimum Gasteiger partial charge on any atom is -0.352 e. The molecule has 2 atom stereocenters. The molecule has 1 saturated carbocycles. The zero-order valence-corrected chi connectivity index (χ0v) is 16.9. The van der Waals surface area contributed by atoms with Crippen LogP contribution < -0.4 is 5.32 Å². The van der Waals surface area contributed by atoms with Gasteiger partial charge in [-0.3, -0.25) is 4.79 Å². The molecule has 5 heteroatoms. The van der Waals surface area contributed by atoms with E-state index in [-0.39, 0.29) is 5.91 Å². The molecule has 1 amide bonds. The minimum atomic E-state index is 0.0905. The van der Waals surface area contributed by atoms with Crippen molar-refractivity contribution in [2.45, 2.75) is 43.7 Å². The van der Waals surface area contributed by atoms with Crippen molar-refractivity contribution in [2.75, 3.05) is 5.75 Å². The molecule has 0 spiro atoms. The molecule has 0 aliphatic heterocycles. The van der Waals surface area contributed by atoms with Crippen molar-refractivity contribution in [1.82, 2.24) is 15.3 Å². The number of hydrogen-bond donors (Lipinski definition) is 1. The number of nitrogens with zero attached hydrogens (tertiary/aromatic N) is 2. The number of thioether (sulfide) groups is 1. The molecule has 4 nitrogen and oxygen atoms in total. The standard InChI is InChI=1S/C23H25N3OS/c1-16-9-5-7-13-19(16)24-21(27)15-28-23-18-12-6-8-14-20(18)25-22(26-23)17-10-3-2-4-11-17/h2-4,6,8,10-12,14,16,19H,5,7,9,13,15H2,1H3,(H,24,27)/t16-,19-/m0/s1. The van der Waals surface area contributed by atoms with Crippen molar-refractivity contribution in [3.63, 3.8) is 0 Å². The summed E-state index contributed by atoms with van der Waals surface area (Å²) < 4.78 is 0. The lowest BCUT2D eigenvalue weighted by atomic mass is 9.86. The highest BCUT2D eigenvalue weighted by Crippen LogP contribution is 2.29. The molecule has 3 aromatic rings. The van der Waals surface area contributed by atoms with Gasteiger partial charge >= 0.3 is 0 Å². The van der Waals surface area contributed by atoms with Gasteiger partial charge in [-0.05, 0) is 24.8 Å². The van der Waals surface area contributed by atoms with E-state index < -0.39 is 0 Å². The quantitative estimate of drug-likeness (QED) is 0.486. The first kappa shape index (κ1) is 18.9. The summed E-state index contributed by atoms with van der Waals surface area (Å²) in [5.41, 5.74) is 1.88. The maximum atomic E-state index is 12.5. The van der Waals surface area contributed by atoms with Crippen LogP contribution in [0.5, 0.6) is 0 Å². The van der Waals surface area contributed by atoms with Crippen molar-refractivity contribution in [3.05, 3.63) is 54.6 Å². The summed E-state index contributed by atoms with van der Waals surface area (Å²) >= 11 is 1.49. The molecular weight excluding hydrogens is 366 g/mol. The van der Waals surface area contributed by atoms with Crippen LogP contribution in [0, 0.1) is 5.92 Å². The van der Waals surface area contributed by atoms with Gasteiger partial charge in [-0.15, -0.1) is 0 Å². The van der Waals surface area contributed by atoms with Gasteiger partial charge in [0.15, 0.2) is 5.82 Å². The Morgan fingerprint density at radius 1 is 1.04 bits per heavy atom. The van der Waals surface area contributed by atoms with Crippen LogP contribution in [0.1, 0.15) is 32.6 Å². The van der Waals surface area contributed by atoms with E-state index in [0.29, 0.717) is 23.5 Å². The van der Waals surface area contributed by atoms with E-state index in [2.05, 4.69) is 12.2 Å². The fourth-order valence-electron chi connectivity index (χ4n) is 3.79. The SMILES string of the molecule is C[C@H]1CCCC[C@@H]1NC(=O)CSc1nc(-c2ccccc2)nc2ccccc12. The number of rotatable bonds is 5. The second-order valence-electron chi connectivity index (χ2n) is 7.46. The van der Waals surface area contributed by atoms with Crippen molar-refractivity contribution in [3.8, 4) is 11.4 Å². The van der Waals surface area contributed by atoms with Gasteiger partial charge in [0.1, 0.15) is 5.03 Å². The van der Waals surface area contributed by atoms with Crippen LogP contribution >= 0.6 is 11.8 Å². The molecule has 1 N–H and O–H groups in total. The monoisotopic (exact) mass is 391 g/mol. The number of carbonyl (C=O) groups excluding carboxylic acids is 1.